The molecule has 0 bridgehead atoms. The van der Waals surface area contributed by atoms with Crippen molar-refractivity contribution >= 4 is 0 Å². The van der Waals surface area contributed by atoms with Gasteiger partial charge in [-0.25, -0.2) is 0 Å². The monoisotopic (exact) mass is 229 g/mol. The van der Waals surface area contributed by atoms with E-state index in [1.54, 1.807) is 0 Å². The van der Waals surface area contributed by atoms with E-state index in [9.17, 15) is 5.26 Å². The average molecular weight is 229 g/mol. The summed E-state index contributed by atoms with van der Waals surface area (Å²) in [6, 6.07) is 8.34. The molecule has 3 heteroatoms. The highest BCUT2D eigenvalue weighted by Crippen LogP contribution is 2.55. The molecule has 0 radical (unpaired) electrons. The van der Waals surface area contributed by atoms with Gasteiger partial charge in [0.05, 0.1) is 11.5 Å². The van der Waals surface area contributed by atoms with Crippen molar-refractivity contribution in [2.45, 2.75) is 32.1 Å². The molecule has 0 N–H and O–H groups in total. The maximum atomic E-state index is 9.45. The molecule has 1 saturated carbocycles. The second-order valence-electron chi connectivity index (χ2n) is 5.78. The molecule has 0 atom stereocenters. The molecule has 1 aliphatic heterocycles. The fourth-order valence-electron chi connectivity index (χ4n) is 3.12. The normalized spacial score (nSPS) is 22.6. The van der Waals surface area contributed by atoms with Gasteiger partial charge in [-0.2, -0.15) is 5.26 Å². The van der Waals surface area contributed by atoms with Crippen molar-refractivity contribution in [3.8, 4) is 17.6 Å². The van der Waals surface area contributed by atoms with E-state index >= 15 is 0 Å². The average Bonchev–Trinajstić information content (AvgIpc) is 2.71. The third kappa shape index (κ3) is 1.48. The first kappa shape index (κ1) is 10.5. The molecule has 0 saturated heterocycles. The molecule has 1 aromatic rings. The second-order valence-corrected chi connectivity index (χ2v) is 5.78. The van der Waals surface area contributed by atoms with Crippen LogP contribution < -0.4 is 9.47 Å². The molecule has 1 aliphatic carbocycles. The van der Waals surface area contributed by atoms with Gasteiger partial charge in [0.2, 0.25) is 6.79 Å². The maximum Gasteiger partial charge on any atom is 0.231 e. The highest BCUT2D eigenvalue weighted by atomic mass is 16.7. The minimum Gasteiger partial charge on any atom is -0.454 e. The summed E-state index contributed by atoms with van der Waals surface area (Å²) in [5.41, 5.74) is 1.000. The SMILES string of the molecule is CC1(C)CC(C#N)(c2ccc3c(c2)OCO3)C1. The Kier molecular flexibility index (Phi) is 1.95. The van der Waals surface area contributed by atoms with Crippen molar-refractivity contribution in [3.63, 3.8) is 0 Å². The van der Waals surface area contributed by atoms with Crippen molar-refractivity contribution in [2.75, 3.05) is 6.79 Å². The molecule has 3 nitrogen and oxygen atoms in total. The van der Waals surface area contributed by atoms with E-state index in [1.165, 1.54) is 0 Å². The zero-order chi connectivity index (χ0) is 12.1. The van der Waals surface area contributed by atoms with Gasteiger partial charge in [0.25, 0.3) is 0 Å². The van der Waals surface area contributed by atoms with E-state index in [4.69, 9.17) is 9.47 Å². The van der Waals surface area contributed by atoms with Crippen LogP contribution in [0.1, 0.15) is 32.3 Å². The standard InChI is InChI=1S/C14H15NO2/c1-13(2)6-14(7-13,8-15)10-3-4-11-12(5-10)17-9-16-11/h3-5H,6-7,9H2,1-2H3. The minimum atomic E-state index is -0.329. The van der Waals surface area contributed by atoms with E-state index in [1.807, 2.05) is 18.2 Å². The first-order valence-corrected chi connectivity index (χ1v) is 5.86. The van der Waals surface area contributed by atoms with E-state index in [-0.39, 0.29) is 17.6 Å². The van der Waals surface area contributed by atoms with E-state index < -0.39 is 0 Å². The molecule has 0 amide bonds. The molecule has 88 valence electrons. The van der Waals surface area contributed by atoms with Crippen LogP contribution in [0.3, 0.4) is 0 Å². The lowest BCUT2D eigenvalue weighted by Crippen LogP contribution is -2.45. The van der Waals surface area contributed by atoms with Crippen LogP contribution in [0.4, 0.5) is 0 Å². The summed E-state index contributed by atoms with van der Waals surface area (Å²) in [7, 11) is 0. The van der Waals surface area contributed by atoms with Crippen LogP contribution in [0.15, 0.2) is 18.2 Å². The zero-order valence-corrected chi connectivity index (χ0v) is 10.1. The molecule has 1 heterocycles. The zero-order valence-electron chi connectivity index (χ0n) is 10.1. The summed E-state index contributed by atoms with van der Waals surface area (Å²) in [6.45, 7) is 4.69. The molecule has 1 aromatic carbocycles. The van der Waals surface area contributed by atoms with Gasteiger partial charge in [0.1, 0.15) is 0 Å². The number of rotatable bonds is 1. The molecule has 2 aliphatic rings. The number of fused-ring (bicyclic) bond motifs is 1. The van der Waals surface area contributed by atoms with Gasteiger partial charge in [-0.15, -0.1) is 0 Å². The molecule has 17 heavy (non-hydrogen) atoms. The minimum absolute atomic E-state index is 0.270. The van der Waals surface area contributed by atoms with Crippen LogP contribution in [-0.2, 0) is 5.41 Å². The van der Waals surface area contributed by atoms with Crippen LogP contribution in [-0.4, -0.2) is 6.79 Å². The third-order valence-corrected chi connectivity index (χ3v) is 3.70. The predicted molar refractivity (Wildman–Crippen MR) is 62.9 cm³/mol. The van der Waals surface area contributed by atoms with Gasteiger partial charge in [0, 0.05) is 0 Å². The van der Waals surface area contributed by atoms with E-state index in [0.717, 1.165) is 29.9 Å². The summed E-state index contributed by atoms with van der Waals surface area (Å²) < 4.78 is 10.7. The second kappa shape index (κ2) is 3.16. The Balaban J connectivity index is 1.97. The number of hydrogen-bond donors (Lipinski definition) is 0. The van der Waals surface area contributed by atoms with Gasteiger partial charge in [-0.3, -0.25) is 0 Å². The highest BCUT2D eigenvalue weighted by molar-refractivity contribution is 5.49. The van der Waals surface area contributed by atoms with Crippen LogP contribution in [0, 0.1) is 16.7 Å². The predicted octanol–water partition coefficient (Wildman–Crippen LogP) is 3.00. The molecular formula is C14H15NO2. The van der Waals surface area contributed by atoms with Crippen molar-refractivity contribution in [1.29, 1.82) is 5.26 Å². The first-order valence-electron chi connectivity index (χ1n) is 5.86. The Hall–Kier alpha value is -1.69. The Morgan fingerprint density at radius 3 is 2.53 bits per heavy atom. The van der Waals surface area contributed by atoms with Gasteiger partial charge < -0.3 is 9.47 Å². The number of hydrogen-bond acceptors (Lipinski definition) is 3. The number of ether oxygens (including phenoxy) is 2. The fraction of sp³-hybridized carbons (Fsp3) is 0.500. The number of nitrogens with zero attached hydrogens (tertiary/aromatic N) is 1. The van der Waals surface area contributed by atoms with Crippen LogP contribution in [0.25, 0.3) is 0 Å². The van der Waals surface area contributed by atoms with Gasteiger partial charge in [-0.05, 0) is 36.0 Å². The third-order valence-electron chi connectivity index (χ3n) is 3.70. The number of benzene rings is 1. The van der Waals surface area contributed by atoms with Crippen LogP contribution in [0.5, 0.6) is 11.5 Å². The maximum absolute atomic E-state index is 9.45. The van der Waals surface area contributed by atoms with Crippen molar-refractivity contribution < 1.29 is 9.47 Å². The highest BCUT2D eigenvalue weighted by Gasteiger charge is 2.51. The smallest absolute Gasteiger partial charge is 0.231 e. The Morgan fingerprint density at radius 1 is 1.18 bits per heavy atom. The molecule has 3 rings (SSSR count). The van der Waals surface area contributed by atoms with Crippen molar-refractivity contribution in [1.82, 2.24) is 0 Å². The molecule has 0 aromatic heterocycles. The summed E-state index contributed by atoms with van der Waals surface area (Å²) in [5, 5.41) is 9.45. The van der Waals surface area contributed by atoms with Gasteiger partial charge >= 0.3 is 0 Å². The lowest BCUT2D eigenvalue weighted by molar-refractivity contribution is 0.0997. The molecule has 0 spiro atoms. The van der Waals surface area contributed by atoms with E-state index in [0.29, 0.717) is 0 Å². The van der Waals surface area contributed by atoms with Crippen molar-refractivity contribution in [3.05, 3.63) is 23.8 Å². The van der Waals surface area contributed by atoms with E-state index in [2.05, 4.69) is 19.9 Å². The first-order chi connectivity index (χ1) is 8.05. The fourth-order valence-corrected chi connectivity index (χ4v) is 3.12. The van der Waals surface area contributed by atoms with Gasteiger partial charge in [-0.1, -0.05) is 19.9 Å². The van der Waals surface area contributed by atoms with Crippen molar-refractivity contribution in [2.24, 2.45) is 5.41 Å². The quantitative estimate of drug-likeness (QED) is 0.743. The lowest BCUT2D eigenvalue weighted by atomic mass is 9.52. The summed E-state index contributed by atoms with van der Waals surface area (Å²) >= 11 is 0. The summed E-state index contributed by atoms with van der Waals surface area (Å²) in [4.78, 5) is 0. The number of nitriles is 1. The van der Waals surface area contributed by atoms with Crippen LogP contribution >= 0.6 is 0 Å². The summed E-state index contributed by atoms with van der Waals surface area (Å²) in [6.07, 6.45) is 1.83. The molecule has 1 fully saturated rings. The Morgan fingerprint density at radius 2 is 1.88 bits per heavy atom. The van der Waals surface area contributed by atoms with Gasteiger partial charge in [0.15, 0.2) is 11.5 Å². The molecular weight excluding hydrogens is 214 g/mol. The lowest BCUT2D eigenvalue weighted by Gasteiger charge is -2.49. The Labute approximate surface area is 101 Å². The topological polar surface area (TPSA) is 42.2 Å². The molecule has 0 unspecified atom stereocenters. The largest absolute Gasteiger partial charge is 0.454 e. The Bertz CT molecular complexity index is 505. The van der Waals surface area contributed by atoms with Crippen LogP contribution in [0.2, 0.25) is 0 Å². The summed E-state index contributed by atoms with van der Waals surface area (Å²) in [5.74, 6) is 1.54.